The molecular weight excluding hydrogens is 402 g/mol. The van der Waals surface area contributed by atoms with Crippen LogP contribution < -0.4 is 10.6 Å². The van der Waals surface area contributed by atoms with Crippen LogP contribution in [0.15, 0.2) is 28.9 Å². The summed E-state index contributed by atoms with van der Waals surface area (Å²) in [4.78, 5) is 25.1. The molecule has 7 nitrogen and oxygen atoms in total. The Labute approximate surface area is 178 Å². The lowest BCUT2D eigenvalue weighted by Gasteiger charge is -2.21. The number of thiophene rings is 1. The Morgan fingerprint density at radius 1 is 1.33 bits per heavy atom. The Hall–Kier alpha value is -3.05. The minimum atomic E-state index is -0.354. The summed E-state index contributed by atoms with van der Waals surface area (Å²) in [7, 11) is 0. The molecule has 2 heterocycles. The van der Waals surface area contributed by atoms with Gasteiger partial charge in [0.15, 0.2) is 0 Å². The number of hydrogen-bond donors (Lipinski definition) is 2. The fraction of sp³-hybridized carbons (Fsp3) is 0.409. The van der Waals surface area contributed by atoms with Crippen molar-refractivity contribution in [3.05, 3.63) is 46.2 Å². The highest BCUT2D eigenvalue weighted by Crippen LogP contribution is 2.39. The number of rotatable bonds is 7. The zero-order chi connectivity index (χ0) is 20.9. The molecule has 0 saturated heterocycles. The van der Waals surface area contributed by atoms with E-state index < -0.39 is 0 Å². The zero-order valence-electron chi connectivity index (χ0n) is 16.5. The summed E-state index contributed by atoms with van der Waals surface area (Å²) in [5.41, 5.74) is 1.54. The maximum atomic E-state index is 12.2. The van der Waals surface area contributed by atoms with Gasteiger partial charge in [-0.3, -0.25) is 4.79 Å². The number of ether oxygens (including phenoxy) is 1. The lowest BCUT2D eigenvalue weighted by molar-refractivity contribution is -0.111. The summed E-state index contributed by atoms with van der Waals surface area (Å²) in [6, 6.07) is 5.73. The zero-order valence-corrected chi connectivity index (χ0v) is 17.3. The minimum absolute atomic E-state index is 0.219. The van der Waals surface area contributed by atoms with Crippen LogP contribution in [0.3, 0.4) is 0 Å². The van der Waals surface area contributed by atoms with E-state index in [2.05, 4.69) is 16.7 Å². The second kappa shape index (κ2) is 9.18. The van der Waals surface area contributed by atoms with E-state index in [9.17, 15) is 14.9 Å². The monoisotopic (exact) mass is 425 g/mol. The highest BCUT2D eigenvalue weighted by atomic mass is 32.1. The third kappa shape index (κ3) is 5.10. The van der Waals surface area contributed by atoms with Gasteiger partial charge in [-0.2, -0.15) is 5.26 Å². The van der Waals surface area contributed by atoms with Crippen LogP contribution in [0.2, 0.25) is 0 Å². The van der Waals surface area contributed by atoms with Gasteiger partial charge in [0.05, 0.1) is 18.4 Å². The summed E-state index contributed by atoms with van der Waals surface area (Å²) in [5, 5.41) is 15.8. The molecule has 1 fully saturated rings. The summed E-state index contributed by atoms with van der Waals surface area (Å²) < 4.78 is 10.5. The van der Waals surface area contributed by atoms with Crippen molar-refractivity contribution in [2.24, 2.45) is 11.8 Å². The number of nitrogens with zero attached hydrogens (tertiary/aromatic N) is 1. The molecule has 2 aliphatic rings. The molecule has 1 unspecified atom stereocenters. The highest BCUT2D eigenvalue weighted by Gasteiger charge is 2.27. The van der Waals surface area contributed by atoms with Gasteiger partial charge in [0.2, 0.25) is 5.91 Å². The van der Waals surface area contributed by atoms with Gasteiger partial charge in [0.1, 0.15) is 16.8 Å². The van der Waals surface area contributed by atoms with Gasteiger partial charge >= 0.3 is 6.09 Å². The Bertz CT molecular complexity index is 983. The maximum absolute atomic E-state index is 12.2. The molecule has 0 aromatic carbocycles. The molecule has 0 bridgehead atoms. The first-order valence-electron chi connectivity index (χ1n) is 10.1. The van der Waals surface area contributed by atoms with Crippen LogP contribution in [0.4, 0.5) is 9.80 Å². The fourth-order valence-electron chi connectivity index (χ4n) is 3.49. The molecular formula is C22H23N3O4S. The number of furan rings is 1. The molecule has 30 heavy (non-hydrogen) atoms. The van der Waals surface area contributed by atoms with Crippen LogP contribution in [-0.4, -0.2) is 25.2 Å². The van der Waals surface area contributed by atoms with Crippen molar-refractivity contribution in [1.29, 1.82) is 5.26 Å². The molecule has 0 radical (unpaired) electrons. The van der Waals surface area contributed by atoms with Crippen molar-refractivity contribution in [3.63, 3.8) is 0 Å². The number of fused-ring (bicyclic) bond motifs is 1. The number of alkyl carbamates (subject to hydrolysis) is 1. The lowest BCUT2D eigenvalue weighted by Crippen LogP contribution is -2.29. The quantitative estimate of drug-likeness (QED) is 0.650. The summed E-state index contributed by atoms with van der Waals surface area (Å²) in [6.07, 6.45) is 8.84. The Balaban J connectivity index is 1.34. The largest absolute Gasteiger partial charge is 0.465 e. The molecule has 1 atom stereocenters. The molecule has 0 spiro atoms. The SMILES string of the molecule is N#Cc1c(NC(=O)C=Cc2ccco2)sc2c1CCC(COC(=O)NCC1CC1)C2. The normalized spacial score (nSPS) is 17.9. The van der Waals surface area contributed by atoms with Gasteiger partial charge in [0, 0.05) is 17.5 Å². The maximum Gasteiger partial charge on any atom is 0.407 e. The van der Waals surface area contributed by atoms with E-state index in [0.29, 0.717) is 35.4 Å². The molecule has 156 valence electrons. The number of hydrogen-bond acceptors (Lipinski definition) is 6. The van der Waals surface area contributed by atoms with Crippen LogP contribution in [0.5, 0.6) is 0 Å². The average molecular weight is 426 g/mol. The van der Waals surface area contributed by atoms with Crippen molar-refractivity contribution < 1.29 is 18.7 Å². The highest BCUT2D eigenvalue weighted by molar-refractivity contribution is 7.16. The van der Waals surface area contributed by atoms with E-state index in [-0.39, 0.29) is 17.9 Å². The molecule has 2 N–H and O–H groups in total. The number of carbonyl (C=O) groups is 2. The van der Waals surface area contributed by atoms with Crippen molar-refractivity contribution in [2.75, 3.05) is 18.5 Å². The number of nitriles is 1. The van der Waals surface area contributed by atoms with Crippen LogP contribution >= 0.6 is 11.3 Å². The first-order chi connectivity index (χ1) is 14.6. The van der Waals surface area contributed by atoms with Gasteiger partial charge in [-0.1, -0.05) is 0 Å². The predicted molar refractivity (Wildman–Crippen MR) is 113 cm³/mol. The summed E-state index contributed by atoms with van der Waals surface area (Å²) in [5.74, 6) is 1.11. The lowest BCUT2D eigenvalue weighted by atomic mass is 9.88. The first kappa shape index (κ1) is 20.2. The molecule has 8 heteroatoms. The number of nitrogens with one attached hydrogen (secondary N) is 2. The van der Waals surface area contributed by atoms with E-state index in [1.165, 1.54) is 36.5 Å². The van der Waals surface area contributed by atoms with E-state index in [1.807, 2.05) is 0 Å². The van der Waals surface area contributed by atoms with Crippen molar-refractivity contribution in [3.8, 4) is 6.07 Å². The molecule has 0 aliphatic heterocycles. The summed E-state index contributed by atoms with van der Waals surface area (Å²) >= 11 is 1.43. The molecule has 2 amide bonds. The number of anilines is 1. The first-order valence-corrected chi connectivity index (χ1v) is 10.9. The van der Waals surface area contributed by atoms with E-state index in [4.69, 9.17) is 9.15 Å². The molecule has 1 saturated carbocycles. The molecule has 2 aliphatic carbocycles. The predicted octanol–water partition coefficient (Wildman–Crippen LogP) is 4.11. The Morgan fingerprint density at radius 2 is 2.20 bits per heavy atom. The second-order valence-electron chi connectivity index (χ2n) is 7.69. The van der Waals surface area contributed by atoms with Crippen LogP contribution in [-0.2, 0) is 22.4 Å². The molecule has 4 rings (SSSR count). The molecule has 2 aromatic rings. The van der Waals surface area contributed by atoms with Crippen molar-refractivity contribution >= 4 is 34.4 Å². The van der Waals surface area contributed by atoms with Crippen LogP contribution in [0.1, 0.15) is 41.0 Å². The fourth-order valence-corrected chi connectivity index (χ4v) is 4.81. The third-order valence-corrected chi connectivity index (χ3v) is 6.51. The standard InChI is InChI=1S/C22H23N3O4S/c23-11-18-17-7-5-15(13-29-22(27)24-12-14-3-4-14)10-19(17)30-21(18)25-20(26)8-6-16-2-1-9-28-16/h1-2,6,8-9,14-15H,3-5,7,10,12-13H2,(H,24,27)(H,25,26). The third-order valence-electron chi connectivity index (χ3n) is 5.34. The van der Waals surface area contributed by atoms with Crippen LogP contribution in [0, 0.1) is 23.2 Å². The number of carbonyl (C=O) groups excluding carboxylic acids is 2. The van der Waals surface area contributed by atoms with Gasteiger partial charge in [-0.15, -0.1) is 11.3 Å². The van der Waals surface area contributed by atoms with Crippen LogP contribution in [0.25, 0.3) is 6.08 Å². The van der Waals surface area contributed by atoms with Gasteiger partial charge in [-0.25, -0.2) is 4.79 Å². The van der Waals surface area contributed by atoms with Gasteiger partial charge in [-0.05, 0) is 67.7 Å². The minimum Gasteiger partial charge on any atom is -0.465 e. The molecule has 2 aromatic heterocycles. The van der Waals surface area contributed by atoms with Crippen molar-refractivity contribution in [2.45, 2.75) is 32.1 Å². The van der Waals surface area contributed by atoms with E-state index in [0.717, 1.165) is 29.7 Å². The Morgan fingerprint density at radius 3 is 2.93 bits per heavy atom. The average Bonchev–Trinajstić information content (AvgIpc) is 3.30. The van der Waals surface area contributed by atoms with E-state index >= 15 is 0 Å². The Kier molecular flexibility index (Phi) is 6.19. The number of amides is 2. The van der Waals surface area contributed by atoms with Gasteiger partial charge < -0.3 is 19.8 Å². The van der Waals surface area contributed by atoms with Crippen molar-refractivity contribution in [1.82, 2.24) is 5.32 Å². The van der Waals surface area contributed by atoms with E-state index in [1.54, 1.807) is 18.2 Å². The second-order valence-corrected chi connectivity index (χ2v) is 8.79. The van der Waals surface area contributed by atoms with Gasteiger partial charge in [0.25, 0.3) is 0 Å². The smallest absolute Gasteiger partial charge is 0.407 e. The summed E-state index contributed by atoms with van der Waals surface area (Å²) in [6.45, 7) is 1.06. The topological polar surface area (TPSA) is 104 Å².